The minimum atomic E-state index is -0.896. The van der Waals surface area contributed by atoms with Crippen LogP contribution in [-0.2, 0) is 14.3 Å². The van der Waals surface area contributed by atoms with Crippen LogP contribution in [0.15, 0.2) is 0 Å². The molecular weight excluding hydrogens is 210 g/mol. The van der Waals surface area contributed by atoms with Gasteiger partial charge in [-0.2, -0.15) is 0 Å². The summed E-state index contributed by atoms with van der Waals surface area (Å²) < 4.78 is 5.40. The van der Waals surface area contributed by atoms with Crippen LogP contribution in [-0.4, -0.2) is 35.7 Å². The molecule has 0 aromatic carbocycles. The molecule has 16 heavy (non-hydrogen) atoms. The lowest BCUT2D eigenvalue weighted by Crippen LogP contribution is -2.34. The van der Waals surface area contributed by atoms with Crippen LogP contribution in [0, 0.1) is 0 Å². The number of nitrogens with one attached hydrogen (secondary N) is 1. The highest BCUT2D eigenvalue weighted by Crippen LogP contribution is 2.16. The number of ether oxygens (including phenoxy) is 1. The SMILES string of the molecule is CC(CC(=O)O)NC(=O)CCC1CCCO1. The quantitative estimate of drug-likeness (QED) is 0.710. The van der Waals surface area contributed by atoms with E-state index < -0.39 is 5.97 Å². The third-order valence-electron chi connectivity index (χ3n) is 2.61. The molecular formula is C11H19NO4. The fourth-order valence-corrected chi connectivity index (χ4v) is 1.82. The molecule has 1 rings (SSSR count). The van der Waals surface area contributed by atoms with Crippen molar-refractivity contribution >= 4 is 11.9 Å². The molecule has 1 aliphatic heterocycles. The van der Waals surface area contributed by atoms with Gasteiger partial charge in [0, 0.05) is 19.1 Å². The van der Waals surface area contributed by atoms with Gasteiger partial charge in [-0.1, -0.05) is 0 Å². The fourth-order valence-electron chi connectivity index (χ4n) is 1.82. The molecule has 0 aliphatic carbocycles. The number of aliphatic carboxylic acids is 1. The van der Waals surface area contributed by atoms with Crippen LogP contribution in [0.3, 0.4) is 0 Å². The zero-order valence-electron chi connectivity index (χ0n) is 9.57. The van der Waals surface area contributed by atoms with Crippen LogP contribution in [0.25, 0.3) is 0 Å². The van der Waals surface area contributed by atoms with Gasteiger partial charge in [-0.3, -0.25) is 9.59 Å². The van der Waals surface area contributed by atoms with Crippen molar-refractivity contribution in [1.82, 2.24) is 5.32 Å². The number of carboxylic acid groups (broad SMARTS) is 1. The van der Waals surface area contributed by atoms with Crippen molar-refractivity contribution in [2.45, 2.75) is 51.2 Å². The number of amides is 1. The van der Waals surface area contributed by atoms with Crippen LogP contribution in [0.1, 0.15) is 39.0 Å². The molecule has 0 radical (unpaired) electrons. The smallest absolute Gasteiger partial charge is 0.305 e. The van der Waals surface area contributed by atoms with Gasteiger partial charge in [0.05, 0.1) is 12.5 Å². The Morgan fingerprint density at radius 1 is 1.56 bits per heavy atom. The molecule has 1 heterocycles. The van der Waals surface area contributed by atoms with Gasteiger partial charge in [0.25, 0.3) is 0 Å². The molecule has 0 saturated carbocycles. The minimum absolute atomic E-state index is 0.0360. The highest BCUT2D eigenvalue weighted by Gasteiger charge is 2.17. The average Bonchev–Trinajstić information content (AvgIpc) is 2.65. The lowest BCUT2D eigenvalue weighted by Gasteiger charge is -2.13. The summed E-state index contributed by atoms with van der Waals surface area (Å²) in [4.78, 5) is 21.8. The van der Waals surface area contributed by atoms with E-state index in [0.717, 1.165) is 25.9 Å². The summed E-state index contributed by atoms with van der Waals surface area (Å²) >= 11 is 0. The second-order valence-corrected chi connectivity index (χ2v) is 4.24. The van der Waals surface area contributed by atoms with Crippen LogP contribution < -0.4 is 5.32 Å². The second kappa shape index (κ2) is 6.48. The van der Waals surface area contributed by atoms with Crippen molar-refractivity contribution in [3.63, 3.8) is 0 Å². The topological polar surface area (TPSA) is 75.6 Å². The van der Waals surface area contributed by atoms with E-state index in [1.165, 1.54) is 0 Å². The van der Waals surface area contributed by atoms with E-state index in [9.17, 15) is 9.59 Å². The summed E-state index contributed by atoms with van der Waals surface area (Å²) in [5.74, 6) is -0.990. The van der Waals surface area contributed by atoms with Gasteiger partial charge in [0.1, 0.15) is 0 Å². The zero-order chi connectivity index (χ0) is 12.0. The van der Waals surface area contributed by atoms with Crippen LogP contribution >= 0.6 is 0 Å². The largest absolute Gasteiger partial charge is 0.481 e. The first-order valence-electron chi connectivity index (χ1n) is 5.70. The first-order chi connectivity index (χ1) is 7.58. The van der Waals surface area contributed by atoms with Gasteiger partial charge >= 0.3 is 5.97 Å². The molecule has 2 atom stereocenters. The summed E-state index contributed by atoms with van der Waals surface area (Å²) in [7, 11) is 0. The van der Waals surface area contributed by atoms with Gasteiger partial charge in [-0.25, -0.2) is 0 Å². The third kappa shape index (κ3) is 5.11. The van der Waals surface area contributed by atoms with Gasteiger partial charge in [0.2, 0.25) is 5.91 Å². The summed E-state index contributed by atoms with van der Waals surface area (Å²) in [6, 6.07) is -0.311. The van der Waals surface area contributed by atoms with E-state index >= 15 is 0 Å². The van der Waals surface area contributed by atoms with Crippen LogP contribution in [0.2, 0.25) is 0 Å². The minimum Gasteiger partial charge on any atom is -0.481 e. The Morgan fingerprint density at radius 2 is 2.31 bits per heavy atom. The van der Waals surface area contributed by atoms with Gasteiger partial charge < -0.3 is 15.2 Å². The molecule has 2 unspecified atom stereocenters. The van der Waals surface area contributed by atoms with E-state index in [2.05, 4.69) is 5.32 Å². The highest BCUT2D eigenvalue weighted by molar-refractivity contribution is 5.77. The monoisotopic (exact) mass is 229 g/mol. The van der Waals surface area contributed by atoms with E-state index in [1.54, 1.807) is 6.92 Å². The zero-order valence-corrected chi connectivity index (χ0v) is 9.57. The first-order valence-corrected chi connectivity index (χ1v) is 5.70. The van der Waals surface area contributed by atoms with E-state index in [4.69, 9.17) is 9.84 Å². The molecule has 1 aliphatic rings. The number of hydrogen-bond acceptors (Lipinski definition) is 3. The van der Waals surface area contributed by atoms with Crippen molar-refractivity contribution in [3.05, 3.63) is 0 Å². The molecule has 1 fully saturated rings. The number of hydrogen-bond donors (Lipinski definition) is 2. The number of carbonyl (C=O) groups is 2. The summed E-state index contributed by atoms with van der Waals surface area (Å²) in [6.45, 7) is 2.49. The Hall–Kier alpha value is -1.10. The lowest BCUT2D eigenvalue weighted by molar-refractivity contribution is -0.137. The van der Waals surface area contributed by atoms with Crippen LogP contribution in [0.5, 0.6) is 0 Å². The third-order valence-corrected chi connectivity index (χ3v) is 2.61. The maximum Gasteiger partial charge on any atom is 0.305 e. The van der Waals surface area contributed by atoms with Gasteiger partial charge in [-0.15, -0.1) is 0 Å². The molecule has 5 heteroatoms. The van der Waals surface area contributed by atoms with Crippen molar-refractivity contribution in [2.75, 3.05) is 6.61 Å². The summed E-state index contributed by atoms with van der Waals surface area (Å²) in [5.41, 5.74) is 0. The number of carbonyl (C=O) groups excluding carboxylic acids is 1. The number of rotatable bonds is 6. The van der Waals surface area contributed by atoms with Crippen LogP contribution in [0.4, 0.5) is 0 Å². The Balaban J connectivity index is 2.12. The van der Waals surface area contributed by atoms with E-state index in [-0.39, 0.29) is 24.5 Å². The molecule has 92 valence electrons. The average molecular weight is 229 g/mol. The predicted molar refractivity (Wildman–Crippen MR) is 58.1 cm³/mol. The first kappa shape index (κ1) is 13.0. The number of carboxylic acids is 1. The molecule has 2 N–H and O–H groups in total. The Morgan fingerprint density at radius 3 is 2.88 bits per heavy atom. The Labute approximate surface area is 95.2 Å². The van der Waals surface area contributed by atoms with Gasteiger partial charge in [-0.05, 0) is 26.2 Å². The van der Waals surface area contributed by atoms with Crippen molar-refractivity contribution < 1.29 is 19.4 Å². The van der Waals surface area contributed by atoms with Gasteiger partial charge in [0.15, 0.2) is 0 Å². The standard InChI is InChI=1S/C11H19NO4/c1-8(7-11(14)15)12-10(13)5-4-9-3-2-6-16-9/h8-9H,2-7H2,1H3,(H,12,13)(H,14,15). The van der Waals surface area contributed by atoms with E-state index in [1.807, 2.05) is 0 Å². The molecule has 1 amide bonds. The van der Waals surface area contributed by atoms with Crippen molar-refractivity contribution in [1.29, 1.82) is 0 Å². The normalized spacial score (nSPS) is 21.7. The molecule has 5 nitrogen and oxygen atoms in total. The Kier molecular flexibility index (Phi) is 5.25. The highest BCUT2D eigenvalue weighted by atomic mass is 16.5. The summed E-state index contributed by atoms with van der Waals surface area (Å²) in [6.07, 6.45) is 3.41. The maximum atomic E-state index is 11.4. The molecule has 0 aromatic heterocycles. The molecule has 1 saturated heterocycles. The maximum absolute atomic E-state index is 11.4. The summed E-state index contributed by atoms with van der Waals surface area (Å²) in [5, 5.41) is 11.2. The molecule has 0 spiro atoms. The van der Waals surface area contributed by atoms with E-state index in [0.29, 0.717) is 6.42 Å². The lowest BCUT2D eigenvalue weighted by atomic mass is 10.1. The second-order valence-electron chi connectivity index (χ2n) is 4.24. The molecule has 0 aromatic rings. The van der Waals surface area contributed by atoms with Crippen molar-refractivity contribution in [3.8, 4) is 0 Å². The Bertz CT molecular complexity index is 248. The predicted octanol–water partition coefficient (Wildman–Crippen LogP) is 0.925. The molecule has 0 bridgehead atoms. The van der Waals surface area contributed by atoms with Crippen molar-refractivity contribution in [2.24, 2.45) is 0 Å². The fraction of sp³-hybridized carbons (Fsp3) is 0.818.